The van der Waals surface area contributed by atoms with Gasteiger partial charge in [-0.15, -0.1) is 0 Å². The van der Waals surface area contributed by atoms with E-state index in [0.29, 0.717) is 5.56 Å². The minimum atomic E-state index is -0.852. The molecule has 0 fully saturated rings. The van der Waals surface area contributed by atoms with Gasteiger partial charge in [-0.3, -0.25) is 10.1 Å². The van der Waals surface area contributed by atoms with E-state index in [-0.39, 0.29) is 0 Å². The summed E-state index contributed by atoms with van der Waals surface area (Å²) < 4.78 is 0.814. The maximum absolute atomic E-state index is 11.4. The van der Waals surface area contributed by atoms with Crippen molar-refractivity contribution < 1.29 is 9.59 Å². The van der Waals surface area contributed by atoms with E-state index in [2.05, 4.69) is 15.9 Å². The highest BCUT2D eigenvalue weighted by molar-refractivity contribution is 9.10. The number of nitrogens with two attached hydrogens (primary N) is 1. The third kappa shape index (κ3) is 2.32. The van der Waals surface area contributed by atoms with Gasteiger partial charge in [0.1, 0.15) is 0 Å². The molecular formula is C9H9BrN2O2. The van der Waals surface area contributed by atoms with E-state index < -0.39 is 11.9 Å². The number of hydrogen-bond acceptors (Lipinski definition) is 2. The summed E-state index contributed by atoms with van der Waals surface area (Å²) in [5, 5.41) is 2.01. The Morgan fingerprint density at radius 3 is 2.64 bits per heavy atom. The fourth-order valence-corrected chi connectivity index (χ4v) is 1.40. The lowest BCUT2D eigenvalue weighted by atomic mass is 10.1. The maximum Gasteiger partial charge on any atom is 0.319 e. The fraction of sp³-hybridized carbons (Fsp3) is 0.111. The predicted octanol–water partition coefficient (Wildman–Crippen LogP) is 1.57. The van der Waals surface area contributed by atoms with Crippen LogP contribution in [0.4, 0.5) is 4.79 Å². The molecule has 74 valence electrons. The van der Waals surface area contributed by atoms with E-state index in [1.54, 1.807) is 19.1 Å². The minimum absolute atomic E-state index is 0.429. The smallest absolute Gasteiger partial charge is 0.319 e. The van der Waals surface area contributed by atoms with Gasteiger partial charge in [-0.05, 0) is 24.6 Å². The van der Waals surface area contributed by atoms with Crippen molar-refractivity contribution in [1.82, 2.24) is 5.32 Å². The van der Waals surface area contributed by atoms with Gasteiger partial charge in [0, 0.05) is 10.0 Å². The highest BCUT2D eigenvalue weighted by Gasteiger charge is 2.11. The second-order valence-corrected chi connectivity index (χ2v) is 3.59. The Kier molecular flexibility index (Phi) is 3.24. The molecule has 0 aliphatic heterocycles. The maximum atomic E-state index is 11.4. The first-order valence-corrected chi connectivity index (χ1v) is 4.67. The largest absolute Gasteiger partial charge is 0.351 e. The van der Waals surface area contributed by atoms with Crippen molar-refractivity contribution in [2.45, 2.75) is 6.92 Å². The number of amides is 3. The normalized spacial score (nSPS) is 9.57. The lowest BCUT2D eigenvalue weighted by Crippen LogP contribution is -2.35. The predicted molar refractivity (Wildman–Crippen MR) is 55.9 cm³/mol. The van der Waals surface area contributed by atoms with Gasteiger partial charge in [0.15, 0.2) is 0 Å². The Labute approximate surface area is 89.6 Å². The van der Waals surface area contributed by atoms with E-state index in [1.807, 2.05) is 11.4 Å². The summed E-state index contributed by atoms with van der Waals surface area (Å²) in [5.41, 5.74) is 6.03. The van der Waals surface area contributed by atoms with Gasteiger partial charge in [-0.1, -0.05) is 22.0 Å². The zero-order valence-corrected chi connectivity index (χ0v) is 9.09. The summed E-state index contributed by atoms with van der Waals surface area (Å²) >= 11 is 3.28. The van der Waals surface area contributed by atoms with Crippen LogP contribution in [0.5, 0.6) is 0 Å². The van der Waals surface area contributed by atoms with Crippen molar-refractivity contribution in [3.63, 3.8) is 0 Å². The number of hydrogen-bond donors (Lipinski definition) is 2. The van der Waals surface area contributed by atoms with Crippen LogP contribution < -0.4 is 11.1 Å². The number of nitrogens with one attached hydrogen (secondary N) is 1. The molecule has 0 bridgehead atoms. The van der Waals surface area contributed by atoms with E-state index >= 15 is 0 Å². The topological polar surface area (TPSA) is 72.2 Å². The first-order chi connectivity index (χ1) is 6.52. The average Bonchev–Trinajstić information content (AvgIpc) is 2.08. The zero-order valence-electron chi connectivity index (χ0n) is 7.50. The highest BCUT2D eigenvalue weighted by Crippen LogP contribution is 2.19. The molecule has 0 saturated carbocycles. The first-order valence-electron chi connectivity index (χ1n) is 3.88. The Morgan fingerprint density at radius 2 is 2.07 bits per heavy atom. The van der Waals surface area contributed by atoms with Gasteiger partial charge >= 0.3 is 6.03 Å². The van der Waals surface area contributed by atoms with Gasteiger partial charge in [0.2, 0.25) is 0 Å². The Hall–Kier alpha value is -1.36. The third-order valence-corrected chi connectivity index (χ3v) is 2.61. The lowest BCUT2D eigenvalue weighted by Gasteiger charge is -2.05. The molecule has 3 N–H and O–H groups in total. The summed E-state index contributed by atoms with van der Waals surface area (Å²) in [5.74, 6) is -0.490. The number of halogens is 1. The van der Waals surface area contributed by atoms with Gasteiger partial charge < -0.3 is 5.73 Å². The van der Waals surface area contributed by atoms with Crippen molar-refractivity contribution in [3.05, 3.63) is 33.8 Å². The molecule has 0 aliphatic rings. The molecule has 3 amide bonds. The minimum Gasteiger partial charge on any atom is -0.351 e. The number of primary amides is 1. The average molecular weight is 257 g/mol. The van der Waals surface area contributed by atoms with Crippen LogP contribution in [0.25, 0.3) is 0 Å². The quantitative estimate of drug-likeness (QED) is 0.801. The molecular weight excluding hydrogens is 248 g/mol. The van der Waals surface area contributed by atoms with Crippen molar-refractivity contribution in [3.8, 4) is 0 Å². The van der Waals surface area contributed by atoms with E-state index in [0.717, 1.165) is 10.0 Å². The molecule has 0 aliphatic carbocycles. The Morgan fingerprint density at radius 1 is 1.43 bits per heavy atom. The molecule has 1 rings (SSSR count). The summed E-state index contributed by atoms with van der Waals surface area (Å²) in [6, 6.07) is 4.30. The van der Waals surface area contributed by atoms with Crippen LogP contribution in [0.3, 0.4) is 0 Å². The number of imide groups is 1. The summed E-state index contributed by atoms with van der Waals surface area (Å²) in [4.78, 5) is 21.9. The number of carbonyl (C=O) groups excluding carboxylic acids is 2. The van der Waals surface area contributed by atoms with Crippen LogP contribution in [-0.2, 0) is 0 Å². The van der Waals surface area contributed by atoms with Crippen molar-refractivity contribution in [1.29, 1.82) is 0 Å². The van der Waals surface area contributed by atoms with Gasteiger partial charge in [-0.25, -0.2) is 4.79 Å². The van der Waals surface area contributed by atoms with Gasteiger partial charge in [0.05, 0.1) is 0 Å². The van der Waals surface area contributed by atoms with Crippen molar-refractivity contribution in [2.24, 2.45) is 5.73 Å². The number of rotatable bonds is 1. The Balaban J connectivity index is 3.01. The standard InChI is InChI=1S/C9H9BrN2O2/c1-5-6(3-2-4-7(5)10)8(13)12-9(11)14/h2-4H,1H3,(H3,11,12,13,14). The molecule has 0 saturated heterocycles. The second kappa shape index (κ2) is 4.23. The molecule has 0 aromatic heterocycles. The molecule has 1 aromatic rings. The SMILES string of the molecule is Cc1c(Br)cccc1C(=O)NC(N)=O. The molecule has 0 atom stereocenters. The first kappa shape index (κ1) is 10.7. The molecule has 1 aromatic carbocycles. The molecule has 0 heterocycles. The van der Waals surface area contributed by atoms with Crippen molar-refractivity contribution in [2.75, 3.05) is 0 Å². The van der Waals surface area contributed by atoms with Gasteiger partial charge in [-0.2, -0.15) is 0 Å². The molecule has 5 heteroatoms. The summed E-state index contributed by atoms with van der Waals surface area (Å²) in [7, 11) is 0. The monoisotopic (exact) mass is 256 g/mol. The van der Waals surface area contributed by atoms with E-state index in [9.17, 15) is 9.59 Å². The van der Waals surface area contributed by atoms with E-state index in [4.69, 9.17) is 5.73 Å². The van der Waals surface area contributed by atoms with Crippen LogP contribution in [0, 0.1) is 6.92 Å². The molecule has 0 spiro atoms. The van der Waals surface area contributed by atoms with Crippen LogP contribution in [0.2, 0.25) is 0 Å². The lowest BCUT2D eigenvalue weighted by molar-refractivity contribution is 0.0965. The van der Waals surface area contributed by atoms with Crippen LogP contribution in [0.15, 0.2) is 22.7 Å². The summed E-state index contributed by atoms with van der Waals surface area (Å²) in [6.07, 6.45) is 0. The van der Waals surface area contributed by atoms with Crippen LogP contribution in [-0.4, -0.2) is 11.9 Å². The number of benzene rings is 1. The Bertz CT molecular complexity index is 390. The van der Waals surface area contributed by atoms with Crippen molar-refractivity contribution >= 4 is 27.9 Å². The van der Waals surface area contributed by atoms with Gasteiger partial charge in [0.25, 0.3) is 5.91 Å². The molecule has 0 radical (unpaired) electrons. The summed E-state index contributed by atoms with van der Waals surface area (Å²) in [6.45, 7) is 1.78. The fourth-order valence-electron chi connectivity index (χ4n) is 1.03. The highest BCUT2D eigenvalue weighted by atomic mass is 79.9. The van der Waals surface area contributed by atoms with E-state index in [1.165, 1.54) is 0 Å². The number of carbonyl (C=O) groups is 2. The second-order valence-electron chi connectivity index (χ2n) is 2.73. The molecule has 4 nitrogen and oxygen atoms in total. The third-order valence-electron chi connectivity index (χ3n) is 1.75. The van der Waals surface area contributed by atoms with Crippen LogP contribution >= 0.6 is 15.9 Å². The molecule has 0 unspecified atom stereocenters. The zero-order chi connectivity index (χ0) is 10.7. The van der Waals surface area contributed by atoms with Crippen LogP contribution in [0.1, 0.15) is 15.9 Å². The number of urea groups is 1. The molecule has 14 heavy (non-hydrogen) atoms.